The first-order chi connectivity index (χ1) is 12.2. The largest absolute Gasteiger partial charge is 0.504 e. The number of ether oxygens (including phenoxy) is 3. The molecule has 0 bridgehead atoms. The number of ketones is 1. The molecule has 142 valence electrons. The van der Waals surface area contributed by atoms with Gasteiger partial charge < -0.3 is 24.4 Å². The maximum Gasteiger partial charge on any atom is 0.316 e. The molecule has 1 aliphatic carbocycles. The van der Waals surface area contributed by atoms with E-state index < -0.39 is 47.5 Å². The Morgan fingerprint density at radius 2 is 1.77 bits per heavy atom. The first-order valence-corrected chi connectivity index (χ1v) is 7.95. The molecule has 2 N–H and O–H groups in total. The van der Waals surface area contributed by atoms with E-state index in [-0.39, 0.29) is 11.5 Å². The van der Waals surface area contributed by atoms with E-state index in [4.69, 9.17) is 14.2 Å². The monoisotopic (exact) mass is 366 g/mol. The van der Waals surface area contributed by atoms with Crippen molar-refractivity contribution in [3.05, 3.63) is 23.8 Å². The third kappa shape index (κ3) is 3.37. The van der Waals surface area contributed by atoms with Crippen LogP contribution in [0.2, 0.25) is 0 Å². The molecular formula is C18H22O8. The molecule has 26 heavy (non-hydrogen) atoms. The molecule has 0 aliphatic heterocycles. The summed E-state index contributed by atoms with van der Waals surface area (Å²) >= 11 is 0. The summed E-state index contributed by atoms with van der Waals surface area (Å²) in [5.74, 6) is -5.67. The Labute approximate surface area is 150 Å². The lowest BCUT2D eigenvalue weighted by Gasteiger charge is -2.43. The van der Waals surface area contributed by atoms with Gasteiger partial charge in [0.2, 0.25) is 0 Å². The number of carbonyl (C=O) groups excluding carboxylic acids is 3. The van der Waals surface area contributed by atoms with Crippen LogP contribution in [-0.2, 0) is 23.9 Å². The van der Waals surface area contributed by atoms with Crippen molar-refractivity contribution in [1.29, 1.82) is 0 Å². The second kappa shape index (κ2) is 7.33. The minimum Gasteiger partial charge on any atom is -0.504 e. The molecule has 1 saturated carbocycles. The average Bonchev–Trinajstić information content (AvgIpc) is 2.59. The summed E-state index contributed by atoms with van der Waals surface area (Å²) in [7, 11) is 3.65. The molecule has 8 heteroatoms. The van der Waals surface area contributed by atoms with Gasteiger partial charge in [-0.1, -0.05) is 6.07 Å². The number of phenolic OH excluding ortho intramolecular Hbond substituents is 1. The number of aliphatic hydroxyl groups is 1. The molecule has 0 amide bonds. The molecule has 0 unspecified atom stereocenters. The molecule has 0 spiro atoms. The molecule has 1 aromatic carbocycles. The van der Waals surface area contributed by atoms with Gasteiger partial charge in [-0.25, -0.2) is 0 Å². The Balaban J connectivity index is 2.69. The van der Waals surface area contributed by atoms with Crippen LogP contribution in [0.15, 0.2) is 18.2 Å². The summed E-state index contributed by atoms with van der Waals surface area (Å²) in [5, 5.41) is 20.5. The maximum absolute atomic E-state index is 12.6. The Bertz CT molecular complexity index is 724. The Kier molecular flexibility index (Phi) is 5.56. The molecule has 1 fully saturated rings. The maximum atomic E-state index is 12.6. The van der Waals surface area contributed by atoms with E-state index >= 15 is 0 Å². The summed E-state index contributed by atoms with van der Waals surface area (Å²) in [6.07, 6.45) is -0.391. The number of phenols is 1. The minimum absolute atomic E-state index is 0.104. The number of esters is 2. The van der Waals surface area contributed by atoms with Crippen LogP contribution < -0.4 is 4.74 Å². The number of rotatable bonds is 4. The second-order valence-electron chi connectivity index (χ2n) is 6.46. The summed E-state index contributed by atoms with van der Waals surface area (Å²) in [6.45, 7) is 1.35. The molecular weight excluding hydrogens is 344 g/mol. The van der Waals surface area contributed by atoms with Gasteiger partial charge in [0.25, 0.3) is 0 Å². The van der Waals surface area contributed by atoms with Crippen LogP contribution in [0.5, 0.6) is 11.5 Å². The van der Waals surface area contributed by atoms with Gasteiger partial charge >= 0.3 is 11.9 Å². The van der Waals surface area contributed by atoms with Gasteiger partial charge in [0.15, 0.2) is 17.3 Å². The predicted octanol–water partition coefficient (Wildman–Crippen LogP) is 0.787. The van der Waals surface area contributed by atoms with Crippen molar-refractivity contribution >= 4 is 17.7 Å². The van der Waals surface area contributed by atoms with Crippen LogP contribution >= 0.6 is 0 Å². The van der Waals surface area contributed by atoms with Gasteiger partial charge in [-0.3, -0.25) is 14.4 Å². The zero-order valence-electron chi connectivity index (χ0n) is 15.0. The smallest absolute Gasteiger partial charge is 0.316 e. The number of hydrogen-bond donors (Lipinski definition) is 2. The fourth-order valence-electron chi connectivity index (χ4n) is 3.57. The van der Waals surface area contributed by atoms with Gasteiger partial charge in [-0.05, 0) is 24.6 Å². The van der Waals surface area contributed by atoms with Gasteiger partial charge in [0, 0.05) is 12.3 Å². The normalized spacial score (nSPS) is 28.3. The number of carbonyl (C=O) groups is 3. The van der Waals surface area contributed by atoms with Crippen LogP contribution in [0.25, 0.3) is 0 Å². The quantitative estimate of drug-likeness (QED) is 0.593. The molecule has 2 rings (SSSR count). The SMILES string of the molecule is COC(=O)[C@H]1C(=O)C[C@](C)(O)[C@H](C(=O)OC)[C@@H]1c1ccc(O)c(OC)c1. The summed E-state index contributed by atoms with van der Waals surface area (Å²) in [6, 6.07) is 4.20. The number of hydrogen-bond acceptors (Lipinski definition) is 8. The molecule has 8 nitrogen and oxygen atoms in total. The number of benzene rings is 1. The third-order valence-corrected chi connectivity index (χ3v) is 4.77. The van der Waals surface area contributed by atoms with Gasteiger partial charge in [-0.2, -0.15) is 0 Å². The van der Waals surface area contributed by atoms with Crippen LogP contribution in [-0.4, -0.2) is 54.9 Å². The van der Waals surface area contributed by atoms with Crippen molar-refractivity contribution in [2.75, 3.05) is 21.3 Å². The number of methoxy groups -OCH3 is 3. The van der Waals surface area contributed by atoms with E-state index in [1.54, 1.807) is 0 Å². The second-order valence-corrected chi connectivity index (χ2v) is 6.46. The van der Waals surface area contributed by atoms with Crippen LogP contribution in [0.3, 0.4) is 0 Å². The molecule has 1 aromatic rings. The number of aromatic hydroxyl groups is 1. The average molecular weight is 366 g/mol. The van der Waals surface area contributed by atoms with Crippen molar-refractivity contribution < 1.29 is 38.8 Å². The van der Waals surface area contributed by atoms with Gasteiger partial charge in [0.05, 0.1) is 32.8 Å². The zero-order valence-corrected chi connectivity index (χ0v) is 15.0. The Hall–Kier alpha value is -2.61. The molecule has 1 aliphatic rings. The highest BCUT2D eigenvalue weighted by Crippen LogP contribution is 2.47. The highest BCUT2D eigenvalue weighted by atomic mass is 16.5. The Morgan fingerprint density at radius 3 is 2.31 bits per heavy atom. The summed E-state index contributed by atoms with van der Waals surface area (Å²) in [5.41, 5.74) is -1.36. The van der Waals surface area contributed by atoms with Crippen molar-refractivity contribution in [3.8, 4) is 11.5 Å². The van der Waals surface area contributed by atoms with E-state index in [0.29, 0.717) is 5.56 Å². The van der Waals surface area contributed by atoms with Gasteiger partial charge in [0.1, 0.15) is 5.92 Å². The summed E-state index contributed by atoms with van der Waals surface area (Å²) < 4.78 is 14.6. The van der Waals surface area contributed by atoms with Crippen LogP contribution in [0, 0.1) is 11.8 Å². The molecule has 4 atom stereocenters. The molecule has 0 heterocycles. The number of Topliss-reactive ketones (excluding diaryl/α,β-unsaturated/α-hetero) is 1. The first-order valence-electron chi connectivity index (χ1n) is 7.95. The summed E-state index contributed by atoms with van der Waals surface area (Å²) in [4.78, 5) is 37.3. The van der Waals surface area contributed by atoms with Crippen LogP contribution in [0.1, 0.15) is 24.8 Å². The molecule has 0 aromatic heterocycles. The van der Waals surface area contributed by atoms with Gasteiger partial charge in [-0.15, -0.1) is 0 Å². The predicted molar refractivity (Wildman–Crippen MR) is 88.7 cm³/mol. The lowest BCUT2D eigenvalue weighted by molar-refractivity contribution is -0.170. The fourth-order valence-corrected chi connectivity index (χ4v) is 3.57. The van der Waals surface area contributed by atoms with Crippen molar-refractivity contribution in [3.63, 3.8) is 0 Å². The third-order valence-electron chi connectivity index (χ3n) is 4.77. The van der Waals surface area contributed by atoms with E-state index in [1.165, 1.54) is 32.2 Å². The van der Waals surface area contributed by atoms with Crippen molar-refractivity contribution in [2.24, 2.45) is 11.8 Å². The highest BCUT2D eigenvalue weighted by molar-refractivity contribution is 6.02. The molecule has 0 saturated heterocycles. The molecule has 0 radical (unpaired) electrons. The topological polar surface area (TPSA) is 119 Å². The minimum atomic E-state index is -1.72. The lowest BCUT2D eigenvalue weighted by Crippen LogP contribution is -2.55. The lowest BCUT2D eigenvalue weighted by atomic mass is 9.61. The standard InChI is InChI=1S/C18H22O8/c1-18(23)8-11(20)14(16(21)25-3)13(15(18)17(22)26-4)9-5-6-10(19)12(7-9)24-2/h5-7,13-15,19,23H,8H2,1-4H3/t13-,14+,15+,18+/m1/s1. The van der Waals surface area contributed by atoms with Crippen molar-refractivity contribution in [1.82, 2.24) is 0 Å². The fraction of sp³-hybridized carbons (Fsp3) is 0.500. The van der Waals surface area contributed by atoms with Crippen molar-refractivity contribution in [2.45, 2.75) is 24.9 Å². The van der Waals surface area contributed by atoms with E-state index in [1.807, 2.05) is 0 Å². The zero-order chi connectivity index (χ0) is 19.6. The highest BCUT2D eigenvalue weighted by Gasteiger charge is 2.57. The van der Waals surface area contributed by atoms with E-state index in [9.17, 15) is 24.6 Å². The Morgan fingerprint density at radius 1 is 1.15 bits per heavy atom. The first kappa shape index (κ1) is 19.7. The van der Waals surface area contributed by atoms with E-state index in [2.05, 4.69) is 0 Å². The van der Waals surface area contributed by atoms with E-state index in [0.717, 1.165) is 14.2 Å². The van der Waals surface area contributed by atoms with Crippen LogP contribution in [0.4, 0.5) is 0 Å².